The number of β-amino-alcohol motifs (C(OH)–C–C–N with tert-alkyl or cyclic N) is 1. The molecular formula is C21H25FN6O2. The SMILES string of the molecule is CNc1nc(Nc2cccc(F)c2)ncc1C#CCCCNC(=O)[C@@H]1C[C@H](O)CN1. The van der Waals surface area contributed by atoms with E-state index in [9.17, 15) is 14.3 Å². The molecule has 0 unspecified atom stereocenters. The van der Waals surface area contributed by atoms with Gasteiger partial charge in [0.2, 0.25) is 11.9 Å². The zero-order valence-electron chi connectivity index (χ0n) is 16.7. The first-order valence-electron chi connectivity index (χ1n) is 9.80. The zero-order valence-corrected chi connectivity index (χ0v) is 16.7. The molecule has 5 N–H and O–H groups in total. The summed E-state index contributed by atoms with van der Waals surface area (Å²) in [7, 11) is 1.74. The lowest BCUT2D eigenvalue weighted by molar-refractivity contribution is -0.122. The molecular weight excluding hydrogens is 387 g/mol. The monoisotopic (exact) mass is 412 g/mol. The van der Waals surface area contributed by atoms with Gasteiger partial charge in [0.05, 0.1) is 23.9 Å². The molecule has 0 aliphatic carbocycles. The highest BCUT2D eigenvalue weighted by Crippen LogP contribution is 2.17. The lowest BCUT2D eigenvalue weighted by Gasteiger charge is -2.10. The molecule has 2 heterocycles. The van der Waals surface area contributed by atoms with Crippen molar-refractivity contribution in [1.29, 1.82) is 0 Å². The van der Waals surface area contributed by atoms with Crippen molar-refractivity contribution in [1.82, 2.24) is 20.6 Å². The minimum absolute atomic E-state index is 0.0910. The van der Waals surface area contributed by atoms with Crippen LogP contribution in [0.2, 0.25) is 0 Å². The maximum absolute atomic E-state index is 13.3. The van der Waals surface area contributed by atoms with Gasteiger partial charge in [-0.05, 0) is 31.0 Å². The molecule has 158 valence electrons. The summed E-state index contributed by atoms with van der Waals surface area (Å²) in [6, 6.07) is 5.74. The number of nitrogens with one attached hydrogen (secondary N) is 4. The smallest absolute Gasteiger partial charge is 0.237 e. The molecule has 1 aromatic carbocycles. The number of halogens is 1. The van der Waals surface area contributed by atoms with Gasteiger partial charge in [-0.1, -0.05) is 17.9 Å². The van der Waals surface area contributed by atoms with Gasteiger partial charge in [0.1, 0.15) is 11.6 Å². The maximum Gasteiger partial charge on any atom is 0.237 e. The largest absolute Gasteiger partial charge is 0.392 e. The molecule has 2 atom stereocenters. The lowest BCUT2D eigenvalue weighted by Crippen LogP contribution is -2.40. The predicted octanol–water partition coefficient (Wildman–Crippen LogP) is 1.37. The molecule has 1 fully saturated rings. The molecule has 0 saturated carbocycles. The minimum Gasteiger partial charge on any atom is -0.392 e. The number of amides is 1. The topological polar surface area (TPSA) is 111 Å². The molecule has 0 radical (unpaired) electrons. The van der Waals surface area contributed by atoms with Gasteiger partial charge in [-0.2, -0.15) is 4.98 Å². The number of aliphatic hydroxyl groups excluding tert-OH is 1. The zero-order chi connectivity index (χ0) is 21.3. The molecule has 9 heteroatoms. The molecule has 1 aliphatic rings. The van der Waals surface area contributed by atoms with Gasteiger partial charge < -0.3 is 26.4 Å². The van der Waals surface area contributed by atoms with Crippen LogP contribution in [0.5, 0.6) is 0 Å². The molecule has 1 amide bonds. The van der Waals surface area contributed by atoms with Crippen LogP contribution in [0.3, 0.4) is 0 Å². The molecule has 1 aliphatic heterocycles. The van der Waals surface area contributed by atoms with Gasteiger partial charge in [0.25, 0.3) is 0 Å². The first-order chi connectivity index (χ1) is 14.5. The second-order valence-corrected chi connectivity index (χ2v) is 6.89. The molecule has 1 saturated heterocycles. The highest BCUT2D eigenvalue weighted by molar-refractivity contribution is 5.82. The van der Waals surface area contributed by atoms with Gasteiger partial charge in [-0.3, -0.25) is 4.79 Å². The Morgan fingerprint density at radius 1 is 1.43 bits per heavy atom. The second kappa shape index (κ2) is 10.5. The summed E-state index contributed by atoms with van der Waals surface area (Å²) >= 11 is 0. The van der Waals surface area contributed by atoms with Crippen molar-refractivity contribution in [3.05, 3.63) is 41.8 Å². The molecule has 2 aromatic rings. The molecule has 1 aromatic heterocycles. The Kier molecular flexibility index (Phi) is 7.54. The van der Waals surface area contributed by atoms with E-state index in [2.05, 4.69) is 43.1 Å². The van der Waals surface area contributed by atoms with Crippen LogP contribution in [-0.2, 0) is 4.79 Å². The number of aromatic nitrogens is 2. The van der Waals surface area contributed by atoms with Crippen LogP contribution in [0.15, 0.2) is 30.5 Å². The third-order valence-corrected chi connectivity index (χ3v) is 4.53. The summed E-state index contributed by atoms with van der Waals surface area (Å²) < 4.78 is 13.3. The van der Waals surface area contributed by atoms with E-state index in [1.165, 1.54) is 12.1 Å². The van der Waals surface area contributed by atoms with Crippen LogP contribution in [0.25, 0.3) is 0 Å². The van der Waals surface area contributed by atoms with Crippen LogP contribution in [0.1, 0.15) is 24.8 Å². The van der Waals surface area contributed by atoms with E-state index in [1.807, 2.05) is 0 Å². The van der Waals surface area contributed by atoms with E-state index in [-0.39, 0.29) is 17.8 Å². The van der Waals surface area contributed by atoms with Crippen LogP contribution >= 0.6 is 0 Å². The predicted molar refractivity (Wildman–Crippen MR) is 113 cm³/mol. The number of rotatable bonds is 7. The Morgan fingerprint density at radius 2 is 2.30 bits per heavy atom. The summed E-state index contributed by atoms with van der Waals surface area (Å²) in [5.41, 5.74) is 1.20. The van der Waals surface area contributed by atoms with E-state index in [4.69, 9.17) is 0 Å². The standard InChI is InChI=1S/C21H25FN6O2/c1-23-19-14(12-26-21(28-19)27-16-8-5-7-15(22)10-16)6-3-2-4-9-24-20(30)18-11-17(29)13-25-18/h5,7-8,10,12,17-18,25,29H,2,4,9,11,13H2,1H3,(H,24,30)(H2,23,26,27,28)/t17-,18-/m0/s1. The molecule has 0 bridgehead atoms. The third kappa shape index (κ3) is 6.14. The van der Waals surface area contributed by atoms with Crippen molar-refractivity contribution in [2.24, 2.45) is 0 Å². The number of aliphatic hydroxyl groups is 1. The first-order valence-corrected chi connectivity index (χ1v) is 9.80. The van der Waals surface area contributed by atoms with Crippen molar-refractivity contribution in [2.75, 3.05) is 30.8 Å². The fourth-order valence-corrected chi connectivity index (χ4v) is 3.01. The van der Waals surface area contributed by atoms with E-state index in [1.54, 1.807) is 25.4 Å². The van der Waals surface area contributed by atoms with Crippen LogP contribution in [0.4, 0.5) is 21.8 Å². The van der Waals surface area contributed by atoms with Crippen LogP contribution < -0.4 is 21.3 Å². The average Bonchev–Trinajstić information content (AvgIpc) is 3.17. The van der Waals surface area contributed by atoms with Gasteiger partial charge >= 0.3 is 0 Å². The third-order valence-electron chi connectivity index (χ3n) is 4.53. The summed E-state index contributed by atoms with van der Waals surface area (Å²) in [6.45, 7) is 0.976. The fourth-order valence-electron chi connectivity index (χ4n) is 3.01. The quantitative estimate of drug-likeness (QED) is 0.345. The van der Waals surface area contributed by atoms with Crippen LogP contribution in [0, 0.1) is 17.7 Å². The second-order valence-electron chi connectivity index (χ2n) is 6.89. The number of benzene rings is 1. The molecule has 8 nitrogen and oxygen atoms in total. The van der Waals surface area contributed by atoms with Gasteiger partial charge in [-0.25, -0.2) is 9.37 Å². The molecule has 30 heavy (non-hydrogen) atoms. The van der Waals surface area contributed by atoms with Crippen LogP contribution in [-0.4, -0.2) is 53.3 Å². The number of unbranched alkanes of at least 4 members (excludes halogenated alkanes) is 1. The fraction of sp³-hybridized carbons (Fsp3) is 0.381. The maximum atomic E-state index is 13.3. The number of carbonyl (C=O) groups is 1. The number of nitrogens with zero attached hydrogens (tertiary/aromatic N) is 2. The summed E-state index contributed by atoms with van der Waals surface area (Å²) in [6.07, 6.45) is 2.91. The molecule has 0 spiro atoms. The normalized spacial score (nSPS) is 17.7. The Balaban J connectivity index is 1.48. The lowest BCUT2D eigenvalue weighted by atomic mass is 10.2. The minimum atomic E-state index is -0.453. The van der Waals surface area contributed by atoms with Gasteiger partial charge in [0, 0.05) is 32.2 Å². The Labute approximate surface area is 174 Å². The average molecular weight is 412 g/mol. The summed E-state index contributed by atoms with van der Waals surface area (Å²) in [4.78, 5) is 20.5. The van der Waals surface area contributed by atoms with Crippen molar-refractivity contribution < 1.29 is 14.3 Å². The number of hydrogen-bond acceptors (Lipinski definition) is 7. The first kappa shape index (κ1) is 21.5. The number of anilines is 3. The highest BCUT2D eigenvalue weighted by atomic mass is 19.1. The Bertz CT molecular complexity index is 943. The van der Waals surface area contributed by atoms with Crippen molar-refractivity contribution >= 4 is 23.4 Å². The van der Waals surface area contributed by atoms with E-state index in [0.29, 0.717) is 55.4 Å². The highest BCUT2D eigenvalue weighted by Gasteiger charge is 2.27. The van der Waals surface area contributed by atoms with Crippen molar-refractivity contribution in [2.45, 2.75) is 31.4 Å². The van der Waals surface area contributed by atoms with Crippen molar-refractivity contribution in [3.63, 3.8) is 0 Å². The summed E-state index contributed by atoms with van der Waals surface area (Å²) in [5.74, 6) is 6.55. The molecule has 3 rings (SSSR count). The number of hydrogen-bond donors (Lipinski definition) is 5. The Hall–Kier alpha value is -3.22. The van der Waals surface area contributed by atoms with E-state index >= 15 is 0 Å². The van der Waals surface area contributed by atoms with E-state index < -0.39 is 6.10 Å². The summed E-state index contributed by atoms with van der Waals surface area (Å²) in [5, 5.41) is 21.2. The van der Waals surface area contributed by atoms with E-state index in [0.717, 1.165) is 0 Å². The van der Waals surface area contributed by atoms with Crippen molar-refractivity contribution in [3.8, 4) is 11.8 Å². The Morgan fingerprint density at radius 3 is 3.03 bits per heavy atom. The number of carbonyl (C=O) groups excluding carboxylic acids is 1. The van der Waals surface area contributed by atoms with Gasteiger partial charge in [-0.15, -0.1) is 0 Å². The van der Waals surface area contributed by atoms with Gasteiger partial charge in [0.15, 0.2) is 0 Å².